The number of nitrogens with two attached hydrogens (primary N) is 1. The van der Waals surface area contributed by atoms with Crippen molar-refractivity contribution in [3.63, 3.8) is 0 Å². The van der Waals surface area contributed by atoms with Crippen molar-refractivity contribution in [3.8, 4) is 0 Å². The van der Waals surface area contributed by atoms with Gasteiger partial charge in [-0.05, 0) is 32.1 Å². The largest absolute Gasteiger partial charge is 0.327 e. The third-order valence-electron chi connectivity index (χ3n) is 2.99. The van der Waals surface area contributed by atoms with E-state index in [1.807, 2.05) is 0 Å². The van der Waals surface area contributed by atoms with Gasteiger partial charge in [0.05, 0.1) is 0 Å². The Kier molecular flexibility index (Phi) is 4.74. The fourth-order valence-electron chi connectivity index (χ4n) is 2.04. The Balaban J connectivity index is 2.18. The molecule has 1 aliphatic carbocycles. The molecular formula is C11H24N2. The summed E-state index contributed by atoms with van der Waals surface area (Å²) in [6, 6.07) is 1.02. The Labute approximate surface area is 82.3 Å². The van der Waals surface area contributed by atoms with E-state index in [9.17, 15) is 0 Å². The van der Waals surface area contributed by atoms with Gasteiger partial charge in [-0.15, -0.1) is 0 Å². The van der Waals surface area contributed by atoms with Crippen LogP contribution in [-0.4, -0.2) is 18.6 Å². The minimum Gasteiger partial charge on any atom is -0.327 e. The van der Waals surface area contributed by atoms with E-state index >= 15 is 0 Å². The first-order chi connectivity index (χ1) is 6.18. The first-order valence-corrected chi connectivity index (χ1v) is 5.67. The molecule has 2 nitrogen and oxygen atoms in total. The van der Waals surface area contributed by atoms with E-state index in [-0.39, 0.29) is 0 Å². The molecule has 0 aromatic rings. The van der Waals surface area contributed by atoms with E-state index in [1.165, 1.54) is 32.1 Å². The van der Waals surface area contributed by atoms with Crippen molar-refractivity contribution < 1.29 is 0 Å². The molecule has 1 rings (SSSR count). The Bertz CT molecular complexity index is 134. The second-order valence-corrected chi connectivity index (χ2v) is 4.70. The van der Waals surface area contributed by atoms with Gasteiger partial charge >= 0.3 is 0 Å². The maximum absolute atomic E-state index is 5.71. The van der Waals surface area contributed by atoms with Crippen molar-refractivity contribution in [2.45, 2.75) is 58.0 Å². The molecule has 0 spiro atoms. The van der Waals surface area contributed by atoms with Crippen LogP contribution in [0.3, 0.4) is 0 Å². The maximum Gasteiger partial charge on any atom is 0.0136 e. The lowest BCUT2D eigenvalue weighted by Gasteiger charge is -2.17. The van der Waals surface area contributed by atoms with Crippen molar-refractivity contribution in [3.05, 3.63) is 0 Å². The van der Waals surface area contributed by atoms with Gasteiger partial charge in [0.2, 0.25) is 0 Å². The lowest BCUT2D eigenvalue weighted by atomic mass is 10.0. The van der Waals surface area contributed by atoms with Crippen LogP contribution in [0.25, 0.3) is 0 Å². The standard InChI is InChI=1S/C11H24N2/c1-9-4-3-5-11(7-6-9)13-8-10(2)12/h9-11,13H,3-8,12H2,1-2H3. The van der Waals surface area contributed by atoms with Gasteiger partial charge in [-0.2, -0.15) is 0 Å². The molecule has 0 amide bonds. The molecule has 1 aliphatic rings. The normalized spacial score (nSPS) is 32.5. The van der Waals surface area contributed by atoms with Gasteiger partial charge in [0.25, 0.3) is 0 Å². The first-order valence-electron chi connectivity index (χ1n) is 5.67. The minimum absolute atomic E-state index is 0.292. The van der Waals surface area contributed by atoms with Gasteiger partial charge in [-0.25, -0.2) is 0 Å². The highest BCUT2D eigenvalue weighted by Crippen LogP contribution is 2.22. The minimum atomic E-state index is 0.292. The number of rotatable bonds is 3. The highest BCUT2D eigenvalue weighted by Gasteiger charge is 2.15. The first kappa shape index (κ1) is 11.0. The van der Waals surface area contributed by atoms with Crippen LogP contribution in [0.1, 0.15) is 46.0 Å². The third kappa shape index (κ3) is 4.63. The van der Waals surface area contributed by atoms with Crippen LogP contribution >= 0.6 is 0 Å². The summed E-state index contributed by atoms with van der Waals surface area (Å²) in [6.07, 6.45) is 6.87. The summed E-state index contributed by atoms with van der Waals surface area (Å²) in [6.45, 7) is 5.40. The van der Waals surface area contributed by atoms with Crippen LogP contribution in [-0.2, 0) is 0 Å². The predicted molar refractivity (Wildman–Crippen MR) is 57.7 cm³/mol. The topological polar surface area (TPSA) is 38.0 Å². The summed E-state index contributed by atoms with van der Waals surface area (Å²) < 4.78 is 0. The molecule has 3 atom stereocenters. The summed E-state index contributed by atoms with van der Waals surface area (Å²) in [7, 11) is 0. The fourth-order valence-corrected chi connectivity index (χ4v) is 2.04. The smallest absolute Gasteiger partial charge is 0.0136 e. The van der Waals surface area contributed by atoms with E-state index < -0.39 is 0 Å². The van der Waals surface area contributed by atoms with Crippen molar-refractivity contribution in [1.82, 2.24) is 5.32 Å². The molecule has 13 heavy (non-hydrogen) atoms. The Morgan fingerprint density at radius 1 is 1.31 bits per heavy atom. The molecule has 0 aliphatic heterocycles. The number of nitrogens with one attached hydrogen (secondary N) is 1. The zero-order chi connectivity index (χ0) is 9.68. The lowest BCUT2D eigenvalue weighted by molar-refractivity contribution is 0.436. The average molecular weight is 184 g/mol. The van der Waals surface area contributed by atoms with Gasteiger partial charge in [0.15, 0.2) is 0 Å². The molecule has 0 bridgehead atoms. The van der Waals surface area contributed by atoms with Crippen LogP contribution in [0.15, 0.2) is 0 Å². The molecule has 1 fully saturated rings. The fraction of sp³-hybridized carbons (Fsp3) is 1.00. The molecular weight excluding hydrogens is 160 g/mol. The van der Waals surface area contributed by atoms with Gasteiger partial charge in [0, 0.05) is 18.6 Å². The van der Waals surface area contributed by atoms with Crippen molar-refractivity contribution in [2.24, 2.45) is 11.7 Å². The number of hydrogen-bond donors (Lipinski definition) is 2. The average Bonchev–Trinajstić information content (AvgIpc) is 2.27. The van der Waals surface area contributed by atoms with Gasteiger partial charge < -0.3 is 11.1 Å². The van der Waals surface area contributed by atoms with Crippen molar-refractivity contribution in [2.75, 3.05) is 6.54 Å². The molecule has 0 radical (unpaired) electrons. The SMILES string of the molecule is CC(N)CNC1CCCC(C)CC1. The Hall–Kier alpha value is -0.0800. The zero-order valence-corrected chi connectivity index (χ0v) is 9.05. The van der Waals surface area contributed by atoms with E-state index in [2.05, 4.69) is 19.2 Å². The molecule has 0 aromatic heterocycles. The van der Waals surface area contributed by atoms with E-state index in [0.29, 0.717) is 6.04 Å². The zero-order valence-electron chi connectivity index (χ0n) is 9.05. The van der Waals surface area contributed by atoms with Crippen LogP contribution in [0.4, 0.5) is 0 Å². The van der Waals surface area contributed by atoms with Gasteiger partial charge in [-0.1, -0.05) is 19.8 Å². The van der Waals surface area contributed by atoms with Crippen LogP contribution in [0.2, 0.25) is 0 Å². The molecule has 3 unspecified atom stereocenters. The van der Waals surface area contributed by atoms with E-state index in [1.54, 1.807) is 0 Å². The molecule has 0 saturated heterocycles. The summed E-state index contributed by atoms with van der Waals surface area (Å²) in [4.78, 5) is 0. The number of hydrogen-bond acceptors (Lipinski definition) is 2. The Morgan fingerprint density at radius 2 is 2.08 bits per heavy atom. The van der Waals surface area contributed by atoms with Gasteiger partial charge in [-0.3, -0.25) is 0 Å². The van der Waals surface area contributed by atoms with Crippen LogP contribution in [0, 0.1) is 5.92 Å². The molecule has 2 heteroatoms. The second-order valence-electron chi connectivity index (χ2n) is 4.70. The van der Waals surface area contributed by atoms with Crippen LogP contribution < -0.4 is 11.1 Å². The summed E-state index contributed by atoms with van der Waals surface area (Å²) in [5, 5.41) is 3.56. The highest BCUT2D eigenvalue weighted by atomic mass is 14.9. The summed E-state index contributed by atoms with van der Waals surface area (Å²) in [5.41, 5.74) is 5.71. The quantitative estimate of drug-likeness (QED) is 0.657. The molecule has 1 saturated carbocycles. The monoisotopic (exact) mass is 184 g/mol. The van der Waals surface area contributed by atoms with Crippen LogP contribution in [0.5, 0.6) is 0 Å². The molecule has 78 valence electrons. The highest BCUT2D eigenvalue weighted by molar-refractivity contribution is 4.74. The molecule has 3 N–H and O–H groups in total. The third-order valence-corrected chi connectivity index (χ3v) is 2.99. The Morgan fingerprint density at radius 3 is 2.77 bits per heavy atom. The van der Waals surface area contributed by atoms with Crippen molar-refractivity contribution in [1.29, 1.82) is 0 Å². The van der Waals surface area contributed by atoms with E-state index in [4.69, 9.17) is 5.73 Å². The second kappa shape index (κ2) is 5.61. The molecule has 0 aromatic carbocycles. The predicted octanol–water partition coefficient (Wildman–Crippen LogP) is 1.89. The van der Waals surface area contributed by atoms with E-state index in [0.717, 1.165) is 18.5 Å². The molecule has 0 heterocycles. The lowest BCUT2D eigenvalue weighted by Crippen LogP contribution is -2.37. The summed E-state index contributed by atoms with van der Waals surface area (Å²) in [5.74, 6) is 0.932. The maximum atomic E-state index is 5.71. The van der Waals surface area contributed by atoms with Gasteiger partial charge in [0.1, 0.15) is 0 Å². The van der Waals surface area contributed by atoms with Crippen molar-refractivity contribution >= 4 is 0 Å². The summed E-state index contributed by atoms with van der Waals surface area (Å²) >= 11 is 0.